The first-order valence-corrected chi connectivity index (χ1v) is 1.41. The summed E-state index contributed by atoms with van der Waals surface area (Å²) in [6, 6.07) is 0. The summed E-state index contributed by atoms with van der Waals surface area (Å²) in [6.45, 7) is 3.44. The molecular formula is C3H11InO. The number of rotatable bonds is 0. The van der Waals surface area contributed by atoms with Gasteiger partial charge in [-0.2, -0.15) is 0 Å². The van der Waals surface area contributed by atoms with Crippen LogP contribution >= 0.6 is 0 Å². The van der Waals surface area contributed by atoms with Gasteiger partial charge in [-0.25, -0.2) is 0 Å². The van der Waals surface area contributed by atoms with Crippen molar-refractivity contribution in [3.8, 4) is 0 Å². The Labute approximate surface area is 51.2 Å². The van der Waals surface area contributed by atoms with E-state index in [1.807, 2.05) is 0 Å². The zero-order valence-corrected chi connectivity index (χ0v) is 3.02. The Morgan fingerprint density at radius 3 is 1.40 bits per heavy atom. The fraction of sp³-hybridized carbons (Fsp3) is 1.00. The second kappa shape index (κ2) is 4.83. The molecule has 0 aromatic rings. The van der Waals surface area contributed by atoms with Crippen LogP contribution in [-0.4, -0.2) is 37.1 Å². The summed E-state index contributed by atoms with van der Waals surface area (Å²) in [5.74, 6) is 0. The van der Waals surface area contributed by atoms with E-state index in [0.717, 1.165) is 0 Å². The standard InChI is InChI=1S/C3H8O.In.3H/c1-3(2)4;;;;/h3-4H,1-2H3;;;;. The molecule has 0 fully saturated rings. The molecule has 1 N–H and O–H groups in total. The van der Waals surface area contributed by atoms with Crippen molar-refractivity contribution in [3.05, 3.63) is 0 Å². The summed E-state index contributed by atoms with van der Waals surface area (Å²) in [5.41, 5.74) is 0. The molecule has 2 heteroatoms. The van der Waals surface area contributed by atoms with Crippen LogP contribution in [0.1, 0.15) is 13.8 Å². The molecule has 0 heterocycles. The van der Waals surface area contributed by atoms with E-state index in [1.165, 1.54) is 0 Å². The molecule has 32 valence electrons. The second-order valence-electron chi connectivity index (χ2n) is 1.09. The second-order valence-corrected chi connectivity index (χ2v) is 1.09. The molecule has 0 aromatic carbocycles. The van der Waals surface area contributed by atoms with Gasteiger partial charge in [0.05, 0.1) is 0 Å². The first-order chi connectivity index (χ1) is 1.73. The third-order valence-electron chi connectivity index (χ3n) is 0. The summed E-state index contributed by atoms with van der Waals surface area (Å²) in [4.78, 5) is 0. The molecule has 0 aliphatic rings. The molecule has 0 radical (unpaired) electrons. The van der Waals surface area contributed by atoms with Gasteiger partial charge in [0.25, 0.3) is 0 Å². The Kier molecular flexibility index (Phi) is 8.96. The topological polar surface area (TPSA) is 20.2 Å². The molecule has 1 nitrogen and oxygen atoms in total. The summed E-state index contributed by atoms with van der Waals surface area (Å²) in [5, 5.41) is 8.06. The molecule has 0 saturated carbocycles. The minimum absolute atomic E-state index is 0. The van der Waals surface area contributed by atoms with E-state index in [0.29, 0.717) is 0 Å². The molecule has 0 saturated heterocycles. The molecule has 5 heavy (non-hydrogen) atoms. The van der Waals surface area contributed by atoms with Gasteiger partial charge in [0, 0.05) is 6.10 Å². The number of aliphatic hydroxyl groups excluding tert-OH is 1. The maximum absolute atomic E-state index is 8.06. The first kappa shape index (κ1) is 9.27. The number of aliphatic hydroxyl groups is 1. The van der Waals surface area contributed by atoms with Crippen LogP contribution in [0.5, 0.6) is 0 Å². The molecule has 0 unspecified atom stereocenters. The zero-order chi connectivity index (χ0) is 3.58. The zero-order valence-electron chi connectivity index (χ0n) is 3.02. The average Bonchev–Trinajstić information content (AvgIpc) is 0.811. The fourth-order valence-electron chi connectivity index (χ4n) is 0. The van der Waals surface area contributed by atoms with E-state index in [4.69, 9.17) is 5.11 Å². The van der Waals surface area contributed by atoms with Crippen molar-refractivity contribution in [1.29, 1.82) is 0 Å². The van der Waals surface area contributed by atoms with Crippen LogP contribution in [0.15, 0.2) is 0 Å². The van der Waals surface area contributed by atoms with E-state index in [1.54, 1.807) is 13.8 Å². The van der Waals surface area contributed by atoms with Crippen LogP contribution in [0, 0.1) is 0 Å². The van der Waals surface area contributed by atoms with Crippen molar-refractivity contribution in [3.63, 3.8) is 0 Å². The normalized spacial score (nSPS) is 7.20. The third kappa shape index (κ3) is 56.1. The van der Waals surface area contributed by atoms with Crippen molar-refractivity contribution in [1.82, 2.24) is 0 Å². The summed E-state index contributed by atoms with van der Waals surface area (Å²) >= 11 is 0. The van der Waals surface area contributed by atoms with Crippen LogP contribution in [0.2, 0.25) is 0 Å². The molecule has 0 spiro atoms. The molecule has 0 aliphatic heterocycles. The third-order valence-corrected chi connectivity index (χ3v) is 0. The van der Waals surface area contributed by atoms with E-state index in [9.17, 15) is 0 Å². The van der Waals surface area contributed by atoms with Gasteiger partial charge >= 0.3 is 25.8 Å². The summed E-state index contributed by atoms with van der Waals surface area (Å²) < 4.78 is 0. The van der Waals surface area contributed by atoms with Crippen molar-refractivity contribution in [2.75, 3.05) is 0 Å². The Hall–Kier alpha value is 0.830. The molecule has 0 aromatic heterocycles. The Bertz CT molecular complexity index is 11.6. The van der Waals surface area contributed by atoms with Gasteiger partial charge in [-0.05, 0) is 13.8 Å². The minimum atomic E-state index is -0.167. The van der Waals surface area contributed by atoms with E-state index in [-0.39, 0.29) is 31.9 Å². The van der Waals surface area contributed by atoms with Gasteiger partial charge in [-0.15, -0.1) is 0 Å². The van der Waals surface area contributed by atoms with E-state index in [2.05, 4.69) is 0 Å². The maximum atomic E-state index is 8.06. The molecular weight excluding hydrogens is 167 g/mol. The summed E-state index contributed by atoms with van der Waals surface area (Å²) in [7, 11) is 0. The predicted octanol–water partition coefficient (Wildman–Crippen LogP) is -0.797. The van der Waals surface area contributed by atoms with Crippen molar-refractivity contribution >= 4 is 25.8 Å². The van der Waals surface area contributed by atoms with E-state index < -0.39 is 0 Å². The van der Waals surface area contributed by atoms with Crippen LogP contribution < -0.4 is 0 Å². The molecule has 0 bridgehead atoms. The van der Waals surface area contributed by atoms with E-state index >= 15 is 0 Å². The summed E-state index contributed by atoms with van der Waals surface area (Å²) in [6.07, 6.45) is -0.167. The molecule has 0 aliphatic carbocycles. The van der Waals surface area contributed by atoms with Crippen LogP contribution in [0.4, 0.5) is 0 Å². The van der Waals surface area contributed by atoms with Gasteiger partial charge in [-0.3, -0.25) is 0 Å². The Balaban J connectivity index is 0. The monoisotopic (exact) mass is 178 g/mol. The molecule has 0 rings (SSSR count). The van der Waals surface area contributed by atoms with Crippen LogP contribution in [0.3, 0.4) is 0 Å². The van der Waals surface area contributed by atoms with Crippen molar-refractivity contribution in [2.24, 2.45) is 0 Å². The Morgan fingerprint density at radius 1 is 1.40 bits per heavy atom. The number of hydrogen-bond donors (Lipinski definition) is 1. The van der Waals surface area contributed by atoms with Gasteiger partial charge in [0.15, 0.2) is 0 Å². The van der Waals surface area contributed by atoms with Crippen molar-refractivity contribution < 1.29 is 5.11 Å². The van der Waals surface area contributed by atoms with Crippen LogP contribution in [-0.2, 0) is 0 Å². The molecule has 0 atom stereocenters. The number of hydrogen-bond acceptors (Lipinski definition) is 1. The van der Waals surface area contributed by atoms with Gasteiger partial charge in [0.1, 0.15) is 0 Å². The fourth-order valence-corrected chi connectivity index (χ4v) is 0. The van der Waals surface area contributed by atoms with Crippen LogP contribution in [0.25, 0.3) is 0 Å². The Morgan fingerprint density at radius 2 is 1.40 bits per heavy atom. The molecule has 0 amide bonds. The van der Waals surface area contributed by atoms with Gasteiger partial charge < -0.3 is 5.11 Å². The quantitative estimate of drug-likeness (QED) is 0.515. The average molecular weight is 178 g/mol. The van der Waals surface area contributed by atoms with Crippen molar-refractivity contribution in [2.45, 2.75) is 20.0 Å². The van der Waals surface area contributed by atoms with Gasteiger partial charge in [-0.1, -0.05) is 0 Å². The SMILES string of the molecule is CC(C)O.[InH3]. The first-order valence-electron chi connectivity index (χ1n) is 1.41. The van der Waals surface area contributed by atoms with Gasteiger partial charge in [0.2, 0.25) is 0 Å². The predicted molar refractivity (Wildman–Crippen MR) is 27.3 cm³/mol.